The standard InChI is InChI=1S/C24H31N3O4/c1-17(2)13-23(29)25-14-18-5-7-19(8-6-18)24(30)26-20-9-11-22(12-10-20)31-16-21(28)15-27(3)4/h5-13,21,28H,14-16H2,1-4H3,(H,25,29)(H,26,30)/t21-/m0/s1. The second-order valence-electron chi connectivity index (χ2n) is 7.84. The molecule has 0 saturated heterocycles. The monoisotopic (exact) mass is 425 g/mol. The van der Waals surface area contributed by atoms with Crippen LogP contribution in [0.5, 0.6) is 5.75 Å². The number of anilines is 1. The van der Waals surface area contributed by atoms with Gasteiger partial charge in [-0.1, -0.05) is 17.7 Å². The molecule has 0 bridgehead atoms. The molecule has 0 aliphatic carbocycles. The van der Waals surface area contributed by atoms with Crippen LogP contribution in [0.2, 0.25) is 0 Å². The predicted octanol–water partition coefficient (Wildman–Crippen LogP) is 2.82. The average Bonchev–Trinajstić information content (AvgIpc) is 2.71. The largest absolute Gasteiger partial charge is 0.491 e. The minimum absolute atomic E-state index is 0.138. The normalized spacial score (nSPS) is 11.5. The zero-order valence-corrected chi connectivity index (χ0v) is 18.5. The third kappa shape index (κ3) is 9.02. The molecule has 2 rings (SSSR count). The minimum Gasteiger partial charge on any atom is -0.491 e. The number of aliphatic hydroxyl groups excluding tert-OH is 1. The number of rotatable bonds is 10. The van der Waals surface area contributed by atoms with E-state index in [1.165, 1.54) is 0 Å². The summed E-state index contributed by atoms with van der Waals surface area (Å²) in [5.41, 5.74) is 3.01. The Morgan fingerprint density at radius 3 is 2.29 bits per heavy atom. The molecule has 2 aromatic carbocycles. The van der Waals surface area contributed by atoms with E-state index in [9.17, 15) is 14.7 Å². The Morgan fingerprint density at radius 2 is 1.71 bits per heavy atom. The number of ether oxygens (including phenoxy) is 1. The number of hydrogen-bond donors (Lipinski definition) is 3. The van der Waals surface area contributed by atoms with Gasteiger partial charge in [0.15, 0.2) is 0 Å². The van der Waals surface area contributed by atoms with E-state index in [-0.39, 0.29) is 18.4 Å². The second-order valence-corrected chi connectivity index (χ2v) is 7.84. The van der Waals surface area contributed by atoms with Crippen molar-refractivity contribution in [1.29, 1.82) is 0 Å². The number of hydrogen-bond acceptors (Lipinski definition) is 5. The highest BCUT2D eigenvalue weighted by atomic mass is 16.5. The summed E-state index contributed by atoms with van der Waals surface area (Å²) in [5.74, 6) is 0.256. The Hall–Kier alpha value is -3.16. The molecule has 0 heterocycles. The molecule has 2 amide bonds. The Morgan fingerprint density at radius 1 is 1.06 bits per heavy atom. The molecule has 1 atom stereocenters. The third-order valence-corrected chi connectivity index (χ3v) is 4.23. The number of nitrogens with one attached hydrogen (secondary N) is 2. The van der Waals surface area contributed by atoms with Gasteiger partial charge in [0.2, 0.25) is 5.91 Å². The molecule has 0 aliphatic heterocycles. The number of allylic oxidation sites excluding steroid dienone is 1. The average molecular weight is 426 g/mol. The molecule has 166 valence electrons. The van der Waals surface area contributed by atoms with Crippen molar-refractivity contribution in [3.05, 3.63) is 71.3 Å². The number of carbonyl (C=O) groups is 2. The molecule has 2 aromatic rings. The van der Waals surface area contributed by atoms with Crippen molar-refractivity contribution in [1.82, 2.24) is 10.2 Å². The molecule has 7 nitrogen and oxygen atoms in total. The van der Waals surface area contributed by atoms with E-state index in [0.29, 0.717) is 30.1 Å². The maximum Gasteiger partial charge on any atom is 0.255 e. The summed E-state index contributed by atoms with van der Waals surface area (Å²) in [6.45, 7) is 4.85. The minimum atomic E-state index is -0.571. The SMILES string of the molecule is CC(C)=CC(=O)NCc1ccc(C(=O)Nc2ccc(OC[C@@H](O)CN(C)C)cc2)cc1. The van der Waals surface area contributed by atoms with Crippen molar-refractivity contribution in [2.24, 2.45) is 0 Å². The van der Waals surface area contributed by atoms with E-state index >= 15 is 0 Å². The summed E-state index contributed by atoms with van der Waals surface area (Å²) in [7, 11) is 3.77. The fourth-order valence-electron chi connectivity index (χ4n) is 2.78. The van der Waals surface area contributed by atoms with E-state index < -0.39 is 6.10 Å². The molecule has 31 heavy (non-hydrogen) atoms. The number of carbonyl (C=O) groups excluding carboxylic acids is 2. The number of amides is 2. The van der Waals surface area contributed by atoms with Crippen molar-refractivity contribution in [3.63, 3.8) is 0 Å². The van der Waals surface area contributed by atoms with Crippen molar-refractivity contribution in [3.8, 4) is 5.75 Å². The van der Waals surface area contributed by atoms with Gasteiger partial charge in [0, 0.05) is 30.4 Å². The lowest BCUT2D eigenvalue weighted by atomic mass is 10.1. The van der Waals surface area contributed by atoms with Crippen LogP contribution in [0.1, 0.15) is 29.8 Å². The van der Waals surface area contributed by atoms with E-state index in [2.05, 4.69) is 10.6 Å². The second kappa shape index (κ2) is 11.9. The van der Waals surface area contributed by atoms with Gasteiger partial charge >= 0.3 is 0 Å². The summed E-state index contributed by atoms with van der Waals surface area (Å²) in [6, 6.07) is 14.1. The highest BCUT2D eigenvalue weighted by Gasteiger charge is 2.08. The van der Waals surface area contributed by atoms with Gasteiger partial charge in [-0.05, 0) is 69.9 Å². The molecule has 0 spiro atoms. The van der Waals surface area contributed by atoms with Crippen LogP contribution in [0.4, 0.5) is 5.69 Å². The van der Waals surface area contributed by atoms with Crippen LogP contribution in [-0.4, -0.2) is 55.2 Å². The highest BCUT2D eigenvalue weighted by Crippen LogP contribution is 2.17. The Kier molecular flexibility index (Phi) is 9.24. The summed E-state index contributed by atoms with van der Waals surface area (Å²) < 4.78 is 5.56. The zero-order valence-electron chi connectivity index (χ0n) is 18.5. The van der Waals surface area contributed by atoms with E-state index in [1.807, 2.05) is 45.0 Å². The molecule has 0 fully saturated rings. The Balaban J connectivity index is 1.84. The molecule has 0 saturated carbocycles. The van der Waals surface area contributed by atoms with E-state index in [4.69, 9.17) is 4.74 Å². The van der Waals surface area contributed by atoms with Crippen molar-refractivity contribution in [2.75, 3.05) is 32.6 Å². The number of likely N-dealkylation sites (N-methyl/N-ethyl adjacent to an activating group) is 1. The van der Waals surface area contributed by atoms with E-state index in [0.717, 1.165) is 11.1 Å². The van der Waals surface area contributed by atoms with Gasteiger partial charge < -0.3 is 25.4 Å². The first-order chi connectivity index (χ1) is 14.7. The number of benzene rings is 2. The van der Waals surface area contributed by atoms with Crippen LogP contribution in [0, 0.1) is 0 Å². The van der Waals surface area contributed by atoms with Gasteiger partial charge in [-0.15, -0.1) is 0 Å². The first kappa shape index (κ1) is 24.1. The molecule has 0 aromatic heterocycles. The highest BCUT2D eigenvalue weighted by molar-refractivity contribution is 6.04. The summed E-state index contributed by atoms with van der Waals surface area (Å²) in [6.07, 6.45) is 0.974. The summed E-state index contributed by atoms with van der Waals surface area (Å²) in [4.78, 5) is 26.0. The van der Waals surface area contributed by atoms with Crippen molar-refractivity contribution in [2.45, 2.75) is 26.5 Å². The van der Waals surface area contributed by atoms with Crippen molar-refractivity contribution < 1.29 is 19.4 Å². The summed E-state index contributed by atoms with van der Waals surface area (Å²) >= 11 is 0. The lowest BCUT2D eigenvalue weighted by molar-refractivity contribution is -0.116. The van der Waals surface area contributed by atoms with Gasteiger partial charge in [-0.3, -0.25) is 9.59 Å². The Labute approximate surface area is 183 Å². The van der Waals surface area contributed by atoms with Gasteiger partial charge in [-0.2, -0.15) is 0 Å². The Bertz CT molecular complexity index is 886. The van der Waals surface area contributed by atoms with Crippen molar-refractivity contribution >= 4 is 17.5 Å². The third-order valence-electron chi connectivity index (χ3n) is 4.23. The van der Waals surface area contributed by atoms with Crippen LogP contribution in [0.15, 0.2) is 60.2 Å². The van der Waals surface area contributed by atoms with Gasteiger partial charge in [0.25, 0.3) is 5.91 Å². The topological polar surface area (TPSA) is 90.9 Å². The number of nitrogens with zero attached hydrogens (tertiary/aromatic N) is 1. The van der Waals surface area contributed by atoms with Crippen LogP contribution < -0.4 is 15.4 Å². The molecule has 0 radical (unpaired) electrons. The van der Waals surface area contributed by atoms with E-state index in [1.54, 1.807) is 42.5 Å². The molecule has 7 heteroatoms. The molecular weight excluding hydrogens is 394 g/mol. The summed E-state index contributed by atoms with van der Waals surface area (Å²) in [5, 5.41) is 15.5. The number of aliphatic hydroxyl groups is 1. The lowest BCUT2D eigenvalue weighted by Gasteiger charge is -2.16. The molecule has 0 aliphatic rings. The maximum absolute atomic E-state index is 12.5. The maximum atomic E-state index is 12.5. The lowest BCUT2D eigenvalue weighted by Crippen LogP contribution is -2.30. The molecule has 3 N–H and O–H groups in total. The first-order valence-electron chi connectivity index (χ1n) is 10.1. The predicted molar refractivity (Wildman–Crippen MR) is 122 cm³/mol. The van der Waals surface area contributed by atoms with Crippen LogP contribution in [0.3, 0.4) is 0 Å². The quantitative estimate of drug-likeness (QED) is 0.509. The molecular formula is C24H31N3O4. The van der Waals surface area contributed by atoms with Gasteiger partial charge in [0.05, 0.1) is 0 Å². The van der Waals surface area contributed by atoms with Gasteiger partial charge in [-0.25, -0.2) is 0 Å². The van der Waals surface area contributed by atoms with Gasteiger partial charge in [0.1, 0.15) is 18.5 Å². The molecule has 0 unspecified atom stereocenters. The zero-order chi connectivity index (χ0) is 22.8. The van der Waals surface area contributed by atoms with Crippen LogP contribution in [0.25, 0.3) is 0 Å². The van der Waals surface area contributed by atoms with Crippen LogP contribution in [-0.2, 0) is 11.3 Å². The first-order valence-corrected chi connectivity index (χ1v) is 10.1. The van der Waals surface area contributed by atoms with Crippen LogP contribution >= 0.6 is 0 Å². The fraction of sp³-hybridized carbons (Fsp3) is 0.333. The smallest absolute Gasteiger partial charge is 0.255 e. The fourth-order valence-corrected chi connectivity index (χ4v) is 2.78.